The van der Waals surface area contributed by atoms with Gasteiger partial charge in [0.1, 0.15) is 5.75 Å². The molecule has 1 unspecified atom stereocenters. The Balaban J connectivity index is 1.82. The molecule has 0 amide bonds. The normalized spacial score (nSPS) is 18.6. The lowest BCUT2D eigenvalue weighted by Crippen LogP contribution is -2.33. The Hall–Kier alpha value is -2.30. The van der Waals surface area contributed by atoms with E-state index < -0.39 is 0 Å². The molecule has 0 bridgehead atoms. The molecule has 0 N–H and O–H groups in total. The minimum atomic E-state index is -0.122. The summed E-state index contributed by atoms with van der Waals surface area (Å²) in [5, 5.41) is 5.80. The lowest BCUT2D eigenvalue weighted by molar-refractivity contribution is -0.0598. The average Bonchev–Trinajstić information content (AvgIpc) is 3.13. The molecule has 4 nitrogen and oxygen atoms in total. The van der Waals surface area contributed by atoms with E-state index in [4.69, 9.17) is 26.2 Å². The Kier molecular flexibility index (Phi) is 5.41. The van der Waals surface area contributed by atoms with Crippen LogP contribution in [0.2, 0.25) is 5.02 Å². The van der Waals surface area contributed by atoms with Gasteiger partial charge in [-0.3, -0.25) is 0 Å². The third-order valence-electron chi connectivity index (χ3n) is 5.62. The van der Waals surface area contributed by atoms with Crippen molar-refractivity contribution < 1.29 is 9.47 Å². The molecule has 1 atom stereocenters. The van der Waals surface area contributed by atoms with E-state index in [-0.39, 0.29) is 5.60 Å². The molecule has 152 valence electrons. The smallest absolute Gasteiger partial charge is 0.119 e. The van der Waals surface area contributed by atoms with Crippen LogP contribution in [-0.2, 0) is 4.74 Å². The first-order valence-electron chi connectivity index (χ1n) is 10.0. The summed E-state index contributed by atoms with van der Waals surface area (Å²) >= 11 is 6.12. The van der Waals surface area contributed by atoms with Crippen LogP contribution in [0.15, 0.2) is 48.5 Å². The molecular weight excluding hydrogens is 384 g/mol. The van der Waals surface area contributed by atoms with Crippen LogP contribution in [0.25, 0.3) is 16.9 Å². The summed E-state index contributed by atoms with van der Waals surface area (Å²) in [4.78, 5) is 0. The van der Waals surface area contributed by atoms with E-state index in [1.54, 1.807) is 7.11 Å². The summed E-state index contributed by atoms with van der Waals surface area (Å²) in [6.07, 6.45) is 1.95. The summed E-state index contributed by atoms with van der Waals surface area (Å²) < 4.78 is 13.3. The summed E-state index contributed by atoms with van der Waals surface area (Å²) in [7, 11) is 1.69. The van der Waals surface area contributed by atoms with Gasteiger partial charge in [0.25, 0.3) is 0 Å². The first-order valence-corrected chi connectivity index (χ1v) is 10.4. The van der Waals surface area contributed by atoms with E-state index in [2.05, 4.69) is 37.6 Å². The van der Waals surface area contributed by atoms with Crippen molar-refractivity contribution in [1.29, 1.82) is 0 Å². The first-order chi connectivity index (χ1) is 13.9. The van der Waals surface area contributed by atoms with Crippen LogP contribution in [0.5, 0.6) is 5.75 Å². The van der Waals surface area contributed by atoms with Gasteiger partial charge in [0.15, 0.2) is 0 Å². The van der Waals surface area contributed by atoms with E-state index in [9.17, 15) is 0 Å². The largest absolute Gasteiger partial charge is 0.497 e. The van der Waals surface area contributed by atoms with Crippen molar-refractivity contribution in [3.63, 3.8) is 0 Å². The molecule has 29 heavy (non-hydrogen) atoms. The molecule has 0 aliphatic carbocycles. The third kappa shape index (κ3) is 4.19. The predicted octanol–water partition coefficient (Wildman–Crippen LogP) is 6.18. The van der Waals surface area contributed by atoms with Crippen LogP contribution in [-0.4, -0.2) is 29.1 Å². The lowest BCUT2D eigenvalue weighted by Gasteiger charge is -2.34. The zero-order valence-electron chi connectivity index (χ0n) is 17.4. The average molecular weight is 411 g/mol. The van der Waals surface area contributed by atoms with Gasteiger partial charge in [0.2, 0.25) is 0 Å². The number of hydrogen-bond donors (Lipinski definition) is 0. The summed E-state index contributed by atoms with van der Waals surface area (Å²) in [5.74, 6) is 1.22. The summed E-state index contributed by atoms with van der Waals surface area (Å²) in [6.45, 7) is 7.17. The van der Waals surface area contributed by atoms with E-state index in [0.29, 0.717) is 5.92 Å². The standard InChI is InChI=1S/C24H27ClN2O2/c1-16-13-20(28-4)9-10-22(16)27-23(17-5-7-19(25)8-6-17)14-21(26-27)18-11-12-29-24(2,3)15-18/h5-10,13-14,18H,11-12,15H2,1-4H3. The number of aromatic nitrogens is 2. The van der Waals surface area contributed by atoms with E-state index in [1.165, 1.54) is 0 Å². The molecule has 0 spiro atoms. The highest BCUT2D eigenvalue weighted by molar-refractivity contribution is 6.30. The van der Waals surface area contributed by atoms with Gasteiger partial charge in [-0.05, 0) is 75.6 Å². The van der Waals surface area contributed by atoms with Crippen LogP contribution in [0.1, 0.15) is 43.9 Å². The second kappa shape index (κ2) is 7.85. The maximum absolute atomic E-state index is 6.12. The third-order valence-corrected chi connectivity index (χ3v) is 5.87. The summed E-state index contributed by atoms with van der Waals surface area (Å²) in [6, 6.07) is 16.3. The second-order valence-electron chi connectivity index (χ2n) is 8.32. The molecule has 1 aliphatic rings. The van der Waals surface area contributed by atoms with Crippen molar-refractivity contribution >= 4 is 11.6 Å². The topological polar surface area (TPSA) is 36.3 Å². The van der Waals surface area contributed by atoms with Gasteiger partial charge in [0.05, 0.1) is 29.8 Å². The number of nitrogens with zero attached hydrogens (tertiary/aromatic N) is 2. The molecule has 5 heteroatoms. The van der Waals surface area contributed by atoms with Gasteiger partial charge in [-0.1, -0.05) is 23.7 Å². The molecule has 1 aliphatic heterocycles. The summed E-state index contributed by atoms with van der Waals surface area (Å²) in [5.41, 5.74) is 5.31. The molecule has 1 aromatic heterocycles. The SMILES string of the molecule is COc1ccc(-n2nc(C3CCOC(C)(C)C3)cc2-c2ccc(Cl)cc2)c(C)c1. The molecule has 0 radical (unpaired) electrons. The van der Waals surface area contributed by atoms with Crippen LogP contribution >= 0.6 is 11.6 Å². The second-order valence-corrected chi connectivity index (χ2v) is 8.76. The van der Waals surface area contributed by atoms with Gasteiger partial charge < -0.3 is 9.47 Å². The Morgan fingerprint density at radius 2 is 1.90 bits per heavy atom. The van der Waals surface area contributed by atoms with Crippen molar-refractivity contribution in [3.8, 4) is 22.7 Å². The van der Waals surface area contributed by atoms with Crippen molar-refractivity contribution in [1.82, 2.24) is 9.78 Å². The minimum absolute atomic E-state index is 0.122. The molecule has 0 saturated carbocycles. The number of methoxy groups -OCH3 is 1. The predicted molar refractivity (Wildman–Crippen MR) is 117 cm³/mol. The van der Waals surface area contributed by atoms with E-state index in [1.807, 2.05) is 36.4 Å². The fourth-order valence-electron chi connectivity index (χ4n) is 4.09. The molecule has 1 saturated heterocycles. The van der Waals surface area contributed by atoms with Gasteiger partial charge in [0, 0.05) is 23.1 Å². The molecular formula is C24H27ClN2O2. The molecule has 1 fully saturated rings. The molecule has 3 aromatic rings. The maximum Gasteiger partial charge on any atom is 0.119 e. The van der Waals surface area contributed by atoms with Crippen molar-refractivity contribution in [2.24, 2.45) is 0 Å². The van der Waals surface area contributed by atoms with Gasteiger partial charge in [-0.25, -0.2) is 4.68 Å². The number of benzene rings is 2. The number of rotatable bonds is 4. The van der Waals surface area contributed by atoms with Crippen molar-refractivity contribution in [2.45, 2.75) is 45.1 Å². The fraction of sp³-hybridized carbons (Fsp3) is 0.375. The number of hydrogen-bond acceptors (Lipinski definition) is 3. The first kappa shape index (κ1) is 20.0. The zero-order valence-corrected chi connectivity index (χ0v) is 18.2. The van der Waals surface area contributed by atoms with Gasteiger partial charge in [-0.15, -0.1) is 0 Å². The molecule has 2 aromatic carbocycles. The van der Waals surface area contributed by atoms with Gasteiger partial charge >= 0.3 is 0 Å². The quantitative estimate of drug-likeness (QED) is 0.515. The Morgan fingerprint density at radius 1 is 1.14 bits per heavy atom. The number of aryl methyl sites for hydroxylation is 1. The molecule has 2 heterocycles. The minimum Gasteiger partial charge on any atom is -0.497 e. The Labute approximate surface area is 177 Å². The van der Waals surface area contributed by atoms with Crippen LogP contribution < -0.4 is 4.74 Å². The highest BCUT2D eigenvalue weighted by Crippen LogP contribution is 2.37. The van der Waals surface area contributed by atoms with Gasteiger partial charge in [-0.2, -0.15) is 5.10 Å². The molecule has 4 rings (SSSR count). The number of ether oxygens (including phenoxy) is 2. The highest BCUT2D eigenvalue weighted by Gasteiger charge is 2.31. The van der Waals surface area contributed by atoms with E-state index >= 15 is 0 Å². The van der Waals surface area contributed by atoms with Crippen molar-refractivity contribution in [3.05, 3.63) is 64.8 Å². The lowest BCUT2D eigenvalue weighted by atomic mass is 9.86. The van der Waals surface area contributed by atoms with Crippen LogP contribution in [0.4, 0.5) is 0 Å². The monoisotopic (exact) mass is 410 g/mol. The van der Waals surface area contributed by atoms with Crippen LogP contribution in [0, 0.1) is 6.92 Å². The van der Waals surface area contributed by atoms with Crippen molar-refractivity contribution in [2.75, 3.05) is 13.7 Å². The maximum atomic E-state index is 6.12. The highest BCUT2D eigenvalue weighted by atomic mass is 35.5. The van der Waals surface area contributed by atoms with E-state index in [0.717, 1.165) is 58.4 Å². The Morgan fingerprint density at radius 3 is 2.55 bits per heavy atom. The fourth-order valence-corrected chi connectivity index (χ4v) is 4.21. The number of halogens is 1. The zero-order chi connectivity index (χ0) is 20.6. The van der Waals surface area contributed by atoms with Crippen LogP contribution in [0.3, 0.4) is 0 Å². The Bertz CT molecular complexity index is 1010.